The minimum atomic E-state index is 0.572. The van der Waals surface area contributed by atoms with Crippen molar-refractivity contribution in [3.05, 3.63) is 47.5 Å². The number of hydrogen-bond acceptors (Lipinski definition) is 3. The van der Waals surface area contributed by atoms with E-state index in [1.54, 1.807) is 6.20 Å². The maximum atomic E-state index is 5.41. The van der Waals surface area contributed by atoms with Gasteiger partial charge in [0.1, 0.15) is 6.61 Å². The van der Waals surface area contributed by atoms with Crippen molar-refractivity contribution >= 4 is 11.3 Å². The molecule has 2 nitrogen and oxygen atoms in total. The summed E-state index contributed by atoms with van der Waals surface area (Å²) < 4.78 is 5.41. The number of ether oxygens (including phenoxy) is 1. The highest BCUT2D eigenvalue weighted by Crippen LogP contribution is 2.14. The lowest BCUT2D eigenvalue weighted by Crippen LogP contribution is -1.93. The lowest BCUT2D eigenvalue weighted by atomic mass is 10.2. The van der Waals surface area contributed by atoms with Gasteiger partial charge in [0.15, 0.2) is 0 Å². The van der Waals surface area contributed by atoms with Crippen LogP contribution in [0, 0.1) is 5.38 Å². The van der Waals surface area contributed by atoms with Crippen LogP contribution >= 0.6 is 11.3 Å². The molecule has 0 N–H and O–H groups in total. The summed E-state index contributed by atoms with van der Waals surface area (Å²) in [5.74, 6) is 0. The molecule has 1 aromatic carbocycles. The molecule has 1 heterocycles. The Bertz CT molecular complexity index is 344. The third-order valence-corrected chi connectivity index (χ3v) is 2.20. The van der Waals surface area contributed by atoms with Crippen LogP contribution in [-0.2, 0) is 6.61 Å². The highest BCUT2D eigenvalue weighted by Gasteiger charge is 1.96. The molecule has 0 bridgehead atoms. The van der Waals surface area contributed by atoms with Gasteiger partial charge in [0.05, 0.1) is 11.6 Å². The summed E-state index contributed by atoms with van der Waals surface area (Å²) in [5.41, 5.74) is 1.15. The molecule has 0 unspecified atom stereocenters. The second kappa shape index (κ2) is 4.05. The zero-order valence-corrected chi connectivity index (χ0v) is 7.75. The maximum Gasteiger partial charge on any atom is 0.274 e. The predicted molar refractivity (Wildman–Crippen MR) is 51.7 cm³/mol. The Balaban J connectivity index is 1.94. The van der Waals surface area contributed by atoms with Gasteiger partial charge in [0.25, 0.3) is 5.19 Å². The van der Waals surface area contributed by atoms with E-state index >= 15 is 0 Å². The van der Waals surface area contributed by atoms with Crippen LogP contribution < -0.4 is 4.74 Å². The van der Waals surface area contributed by atoms with Gasteiger partial charge in [-0.25, -0.2) is 4.98 Å². The quantitative estimate of drug-likeness (QED) is 0.742. The molecule has 3 heteroatoms. The Kier molecular flexibility index (Phi) is 2.57. The van der Waals surface area contributed by atoms with Crippen LogP contribution in [0.4, 0.5) is 0 Å². The standard InChI is InChI=1S/C10H8NOS/c1-2-4-9(5-3-1)8-12-10-11-6-7-13-10/h1-6H,8H2. The van der Waals surface area contributed by atoms with Gasteiger partial charge in [0.2, 0.25) is 0 Å². The molecule has 0 atom stereocenters. The fourth-order valence-corrected chi connectivity index (χ4v) is 1.40. The Hall–Kier alpha value is -1.35. The van der Waals surface area contributed by atoms with E-state index in [0.717, 1.165) is 5.56 Å². The van der Waals surface area contributed by atoms with E-state index in [1.807, 2.05) is 30.3 Å². The van der Waals surface area contributed by atoms with Crippen molar-refractivity contribution in [2.75, 3.05) is 0 Å². The zero-order valence-electron chi connectivity index (χ0n) is 6.93. The SMILES string of the molecule is [c]1cnc(OCc2ccccc2)s1. The first kappa shape index (κ1) is 8.26. The largest absolute Gasteiger partial charge is 0.465 e. The van der Waals surface area contributed by atoms with Crippen molar-refractivity contribution in [3.63, 3.8) is 0 Å². The van der Waals surface area contributed by atoms with Crippen LogP contribution in [-0.4, -0.2) is 4.98 Å². The van der Waals surface area contributed by atoms with Gasteiger partial charge < -0.3 is 4.74 Å². The van der Waals surface area contributed by atoms with Gasteiger partial charge in [-0.3, -0.25) is 0 Å². The van der Waals surface area contributed by atoms with Crippen LogP contribution in [0.5, 0.6) is 5.19 Å². The average molecular weight is 190 g/mol. The van der Waals surface area contributed by atoms with E-state index in [2.05, 4.69) is 10.4 Å². The zero-order chi connectivity index (χ0) is 8.93. The first-order valence-electron chi connectivity index (χ1n) is 3.94. The third kappa shape index (κ3) is 2.29. The molecule has 0 aliphatic rings. The molecule has 0 fully saturated rings. The van der Waals surface area contributed by atoms with E-state index in [9.17, 15) is 0 Å². The van der Waals surface area contributed by atoms with E-state index in [-0.39, 0.29) is 0 Å². The molecule has 0 aliphatic heterocycles. The molecule has 0 amide bonds. The van der Waals surface area contributed by atoms with E-state index in [1.165, 1.54) is 11.3 Å². The van der Waals surface area contributed by atoms with Crippen LogP contribution in [0.25, 0.3) is 0 Å². The lowest BCUT2D eigenvalue weighted by Gasteiger charge is -2.00. The van der Waals surface area contributed by atoms with Crippen molar-refractivity contribution in [1.29, 1.82) is 0 Å². The molecule has 2 aromatic rings. The van der Waals surface area contributed by atoms with Gasteiger partial charge in [-0.2, -0.15) is 0 Å². The van der Waals surface area contributed by atoms with Crippen molar-refractivity contribution < 1.29 is 4.74 Å². The van der Waals surface area contributed by atoms with Crippen LogP contribution in [0.1, 0.15) is 5.56 Å². The first-order valence-corrected chi connectivity index (χ1v) is 4.75. The first-order chi connectivity index (χ1) is 6.45. The highest BCUT2D eigenvalue weighted by molar-refractivity contribution is 7.10. The smallest absolute Gasteiger partial charge is 0.274 e. The predicted octanol–water partition coefficient (Wildman–Crippen LogP) is 2.52. The Morgan fingerprint density at radius 1 is 1.31 bits per heavy atom. The average Bonchev–Trinajstić information content (AvgIpc) is 2.69. The highest BCUT2D eigenvalue weighted by atomic mass is 32.1. The number of aromatic nitrogens is 1. The maximum absolute atomic E-state index is 5.41. The second-order valence-corrected chi connectivity index (χ2v) is 3.31. The van der Waals surface area contributed by atoms with Gasteiger partial charge in [0, 0.05) is 0 Å². The van der Waals surface area contributed by atoms with E-state index < -0.39 is 0 Å². The van der Waals surface area contributed by atoms with Gasteiger partial charge in [-0.15, -0.1) is 0 Å². The summed E-state index contributed by atoms with van der Waals surface area (Å²) in [6.07, 6.45) is 1.62. The minimum Gasteiger partial charge on any atom is -0.465 e. The van der Waals surface area contributed by atoms with E-state index in [4.69, 9.17) is 4.74 Å². The molecule has 2 rings (SSSR count). The topological polar surface area (TPSA) is 22.1 Å². The Morgan fingerprint density at radius 3 is 2.85 bits per heavy atom. The summed E-state index contributed by atoms with van der Waals surface area (Å²) in [6, 6.07) is 10.0. The van der Waals surface area contributed by atoms with Crippen LogP contribution in [0.2, 0.25) is 0 Å². The molecular weight excluding hydrogens is 182 g/mol. The molecular formula is C10H8NOS. The van der Waals surface area contributed by atoms with Crippen LogP contribution in [0.3, 0.4) is 0 Å². The van der Waals surface area contributed by atoms with E-state index in [0.29, 0.717) is 11.8 Å². The lowest BCUT2D eigenvalue weighted by molar-refractivity contribution is 0.304. The van der Waals surface area contributed by atoms with Gasteiger partial charge in [-0.05, 0) is 5.56 Å². The summed E-state index contributed by atoms with van der Waals surface area (Å²) in [5, 5.41) is 3.54. The van der Waals surface area contributed by atoms with Gasteiger partial charge in [-0.1, -0.05) is 41.7 Å². The van der Waals surface area contributed by atoms with Crippen molar-refractivity contribution in [2.45, 2.75) is 6.61 Å². The number of benzene rings is 1. The molecule has 65 valence electrons. The summed E-state index contributed by atoms with van der Waals surface area (Å²) in [6.45, 7) is 0.572. The number of rotatable bonds is 3. The van der Waals surface area contributed by atoms with Gasteiger partial charge >= 0.3 is 0 Å². The molecule has 1 aromatic heterocycles. The molecule has 0 saturated carbocycles. The number of nitrogens with zero attached hydrogens (tertiary/aromatic N) is 1. The number of thiazole rings is 1. The molecule has 0 saturated heterocycles. The fourth-order valence-electron chi connectivity index (χ4n) is 0.968. The molecule has 13 heavy (non-hydrogen) atoms. The summed E-state index contributed by atoms with van der Waals surface area (Å²) in [4.78, 5) is 3.97. The number of hydrogen-bond donors (Lipinski definition) is 0. The Morgan fingerprint density at radius 2 is 2.15 bits per heavy atom. The van der Waals surface area contributed by atoms with Crippen LogP contribution in [0.15, 0.2) is 36.5 Å². The monoisotopic (exact) mass is 190 g/mol. The second-order valence-electron chi connectivity index (χ2n) is 2.52. The fraction of sp³-hybridized carbons (Fsp3) is 0.100. The molecule has 0 aliphatic carbocycles. The summed E-state index contributed by atoms with van der Waals surface area (Å²) in [7, 11) is 0. The van der Waals surface area contributed by atoms with Crippen molar-refractivity contribution in [3.8, 4) is 5.19 Å². The van der Waals surface area contributed by atoms with Crippen molar-refractivity contribution in [1.82, 2.24) is 4.98 Å². The van der Waals surface area contributed by atoms with Crippen molar-refractivity contribution in [2.24, 2.45) is 0 Å². The Labute approximate surface area is 80.8 Å². The minimum absolute atomic E-state index is 0.572. The molecule has 0 spiro atoms. The molecule has 1 radical (unpaired) electrons. The third-order valence-electron chi connectivity index (χ3n) is 1.57. The normalized spacial score (nSPS) is 9.85. The summed E-state index contributed by atoms with van der Waals surface area (Å²) >= 11 is 1.38.